The molecule has 0 saturated carbocycles. The van der Waals surface area contributed by atoms with E-state index in [2.05, 4.69) is 15.5 Å². The summed E-state index contributed by atoms with van der Waals surface area (Å²) in [4.78, 5) is 52.4. The van der Waals surface area contributed by atoms with Gasteiger partial charge >= 0.3 is 0 Å². The van der Waals surface area contributed by atoms with Crippen molar-refractivity contribution in [3.63, 3.8) is 0 Å². The Kier molecular flexibility index (Phi) is 3.58. The first kappa shape index (κ1) is 16.4. The lowest BCUT2D eigenvalue weighted by atomic mass is 9.85. The van der Waals surface area contributed by atoms with Crippen molar-refractivity contribution in [3.8, 4) is 0 Å². The Labute approximate surface area is 155 Å². The number of nitrogens with zero attached hydrogens (tertiary/aromatic N) is 2. The molecule has 8 heteroatoms. The van der Waals surface area contributed by atoms with E-state index in [0.29, 0.717) is 23.1 Å². The number of rotatable bonds is 2. The largest absolute Gasteiger partial charge is 0.371 e. The van der Waals surface area contributed by atoms with Crippen molar-refractivity contribution < 1.29 is 19.2 Å². The molecule has 0 radical (unpaired) electrons. The predicted octanol–water partition coefficient (Wildman–Crippen LogP) is -0.114. The molecule has 4 aliphatic heterocycles. The number of anilines is 1. The maximum Gasteiger partial charge on any atom is 0.262 e. The summed E-state index contributed by atoms with van der Waals surface area (Å²) in [6.45, 7) is 2.87. The summed E-state index contributed by atoms with van der Waals surface area (Å²) in [7, 11) is 0. The number of amides is 4. The van der Waals surface area contributed by atoms with Gasteiger partial charge in [0.05, 0.1) is 11.1 Å². The van der Waals surface area contributed by atoms with E-state index in [4.69, 9.17) is 0 Å². The van der Waals surface area contributed by atoms with Gasteiger partial charge in [0.2, 0.25) is 11.8 Å². The Hall–Kier alpha value is -2.74. The number of carbonyl (C=O) groups is 4. The third-order valence-electron chi connectivity index (χ3n) is 6.16. The number of fused-ring (bicyclic) bond motifs is 2. The first-order valence-corrected chi connectivity index (χ1v) is 9.37. The standard InChI is InChI=1S/C19H20N4O4/c24-16-4-3-15(17(25)21-16)23-18(26)12-2-1-11(7-13(12)19(23)27)22-6-5-14-10(9-22)8-20-14/h1-2,7,10,14-15,20H,3-6,8-9H2,(H,21,24,25). The Morgan fingerprint density at radius 1 is 1.00 bits per heavy atom. The van der Waals surface area contributed by atoms with Gasteiger partial charge in [-0.3, -0.25) is 29.4 Å². The van der Waals surface area contributed by atoms with E-state index in [1.165, 1.54) is 0 Å². The average molecular weight is 368 g/mol. The molecule has 4 amide bonds. The molecule has 140 valence electrons. The Morgan fingerprint density at radius 2 is 1.81 bits per heavy atom. The fourth-order valence-corrected chi connectivity index (χ4v) is 4.54. The van der Waals surface area contributed by atoms with E-state index < -0.39 is 23.8 Å². The number of carbonyl (C=O) groups excluding carboxylic acids is 4. The maximum atomic E-state index is 12.9. The molecule has 3 saturated heterocycles. The van der Waals surface area contributed by atoms with Gasteiger partial charge in [0.15, 0.2) is 0 Å². The lowest BCUT2D eigenvalue weighted by Gasteiger charge is -2.47. The number of benzene rings is 1. The molecular weight excluding hydrogens is 348 g/mol. The third kappa shape index (κ3) is 2.47. The summed E-state index contributed by atoms with van der Waals surface area (Å²) in [5.74, 6) is -1.24. The molecule has 0 spiro atoms. The van der Waals surface area contributed by atoms with Gasteiger partial charge in [-0.05, 0) is 31.0 Å². The first-order chi connectivity index (χ1) is 13.0. The van der Waals surface area contributed by atoms with Crippen LogP contribution in [-0.2, 0) is 9.59 Å². The fourth-order valence-electron chi connectivity index (χ4n) is 4.54. The molecule has 3 unspecified atom stereocenters. The van der Waals surface area contributed by atoms with Gasteiger partial charge in [-0.1, -0.05) is 0 Å². The molecule has 2 N–H and O–H groups in total. The quantitative estimate of drug-likeness (QED) is 0.707. The number of nitrogens with one attached hydrogen (secondary N) is 2. The molecule has 1 aromatic carbocycles. The van der Waals surface area contributed by atoms with Gasteiger partial charge < -0.3 is 10.2 Å². The van der Waals surface area contributed by atoms with Crippen LogP contribution >= 0.6 is 0 Å². The van der Waals surface area contributed by atoms with Gasteiger partial charge in [0, 0.05) is 43.7 Å². The van der Waals surface area contributed by atoms with E-state index >= 15 is 0 Å². The van der Waals surface area contributed by atoms with Gasteiger partial charge in [-0.15, -0.1) is 0 Å². The minimum Gasteiger partial charge on any atom is -0.371 e. The first-order valence-electron chi connectivity index (χ1n) is 9.37. The number of piperidine rings is 2. The molecule has 4 heterocycles. The highest BCUT2D eigenvalue weighted by atomic mass is 16.2. The van der Waals surface area contributed by atoms with Crippen LogP contribution in [0.1, 0.15) is 40.0 Å². The van der Waals surface area contributed by atoms with Crippen LogP contribution in [0.3, 0.4) is 0 Å². The summed E-state index contributed by atoms with van der Waals surface area (Å²) in [5, 5.41) is 5.64. The Balaban J connectivity index is 1.41. The van der Waals surface area contributed by atoms with Crippen molar-refractivity contribution in [1.82, 2.24) is 15.5 Å². The topological polar surface area (TPSA) is 98.8 Å². The van der Waals surface area contributed by atoms with Gasteiger partial charge in [0.1, 0.15) is 6.04 Å². The summed E-state index contributed by atoms with van der Waals surface area (Å²) in [6.07, 6.45) is 1.36. The summed E-state index contributed by atoms with van der Waals surface area (Å²) in [5.41, 5.74) is 1.61. The van der Waals surface area contributed by atoms with Crippen LogP contribution < -0.4 is 15.5 Å². The van der Waals surface area contributed by atoms with Crippen LogP contribution in [0, 0.1) is 5.92 Å². The molecule has 8 nitrogen and oxygen atoms in total. The van der Waals surface area contributed by atoms with Crippen molar-refractivity contribution in [2.24, 2.45) is 5.92 Å². The molecule has 3 fully saturated rings. The zero-order valence-corrected chi connectivity index (χ0v) is 14.7. The lowest BCUT2D eigenvalue weighted by molar-refractivity contribution is -0.136. The lowest BCUT2D eigenvalue weighted by Crippen LogP contribution is -2.61. The van der Waals surface area contributed by atoms with Crippen molar-refractivity contribution in [2.45, 2.75) is 31.3 Å². The van der Waals surface area contributed by atoms with Crippen molar-refractivity contribution in [2.75, 3.05) is 24.5 Å². The highest BCUT2D eigenvalue weighted by molar-refractivity contribution is 6.23. The second-order valence-corrected chi connectivity index (χ2v) is 7.69. The van der Waals surface area contributed by atoms with Crippen molar-refractivity contribution in [3.05, 3.63) is 29.3 Å². The van der Waals surface area contributed by atoms with Crippen LogP contribution in [0.2, 0.25) is 0 Å². The summed E-state index contributed by atoms with van der Waals surface area (Å²) < 4.78 is 0. The molecule has 1 aromatic rings. The fraction of sp³-hybridized carbons (Fsp3) is 0.474. The van der Waals surface area contributed by atoms with E-state index in [1.54, 1.807) is 12.1 Å². The van der Waals surface area contributed by atoms with E-state index in [-0.39, 0.29) is 18.7 Å². The second-order valence-electron chi connectivity index (χ2n) is 7.69. The zero-order valence-electron chi connectivity index (χ0n) is 14.7. The van der Waals surface area contributed by atoms with Gasteiger partial charge in [-0.2, -0.15) is 0 Å². The SMILES string of the molecule is O=C1CCC(N2C(=O)c3ccc(N4CCC5NCC5C4)cc3C2=O)C(=O)N1. The maximum absolute atomic E-state index is 12.9. The monoisotopic (exact) mass is 368 g/mol. The predicted molar refractivity (Wildman–Crippen MR) is 95.2 cm³/mol. The molecule has 5 rings (SSSR count). The van der Waals surface area contributed by atoms with E-state index in [1.807, 2.05) is 6.07 Å². The van der Waals surface area contributed by atoms with Gasteiger partial charge in [-0.25, -0.2) is 0 Å². The van der Waals surface area contributed by atoms with Crippen LogP contribution in [0.4, 0.5) is 5.69 Å². The molecule has 3 atom stereocenters. The molecule has 0 aliphatic carbocycles. The third-order valence-corrected chi connectivity index (χ3v) is 6.16. The minimum atomic E-state index is -0.921. The van der Waals surface area contributed by atoms with Crippen molar-refractivity contribution in [1.29, 1.82) is 0 Å². The highest BCUT2D eigenvalue weighted by Crippen LogP contribution is 2.33. The van der Waals surface area contributed by atoms with E-state index in [0.717, 1.165) is 36.6 Å². The van der Waals surface area contributed by atoms with Crippen molar-refractivity contribution >= 4 is 29.3 Å². The number of imide groups is 2. The number of hydrogen-bond acceptors (Lipinski definition) is 6. The summed E-state index contributed by atoms with van der Waals surface area (Å²) >= 11 is 0. The second kappa shape index (κ2) is 5.88. The Bertz CT molecular complexity index is 882. The van der Waals surface area contributed by atoms with Crippen LogP contribution in [0.15, 0.2) is 18.2 Å². The van der Waals surface area contributed by atoms with Crippen LogP contribution in [0.5, 0.6) is 0 Å². The summed E-state index contributed by atoms with van der Waals surface area (Å²) in [6, 6.07) is 5.01. The Morgan fingerprint density at radius 3 is 2.52 bits per heavy atom. The minimum absolute atomic E-state index is 0.124. The smallest absolute Gasteiger partial charge is 0.262 e. The van der Waals surface area contributed by atoms with Crippen LogP contribution in [0.25, 0.3) is 0 Å². The zero-order chi connectivity index (χ0) is 18.7. The molecular formula is C19H20N4O4. The van der Waals surface area contributed by atoms with Gasteiger partial charge in [0.25, 0.3) is 11.8 Å². The molecule has 0 aromatic heterocycles. The average Bonchev–Trinajstić information content (AvgIpc) is 2.87. The highest BCUT2D eigenvalue weighted by Gasteiger charge is 2.45. The molecule has 27 heavy (non-hydrogen) atoms. The number of hydrogen-bond donors (Lipinski definition) is 2. The molecule has 4 aliphatic rings. The normalized spacial score (nSPS) is 30.0. The van der Waals surface area contributed by atoms with Crippen LogP contribution in [-0.4, -0.2) is 60.2 Å². The molecule has 0 bridgehead atoms. The van der Waals surface area contributed by atoms with E-state index in [9.17, 15) is 19.2 Å².